The molecule has 2 heterocycles. The Bertz CT molecular complexity index is 1310. The molecule has 32 heavy (non-hydrogen) atoms. The molecule has 1 amide bonds. The van der Waals surface area contributed by atoms with Gasteiger partial charge in [0.15, 0.2) is 9.84 Å². The number of imidazole rings is 1. The first-order valence-electron chi connectivity index (χ1n) is 10.2. The molecule has 0 aliphatic rings. The number of halogens is 1. The van der Waals surface area contributed by atoms with Crippen molar-refractivity contribution in [3.8, 4) is 0 Å². The molecule has 2 aromatic carbocycles. The first-order chi connectivity index (χ1) is 15.4. The first kappa shape index (κ1) is 22.1. The number of aromatic nitrogens is 3. The van der Waals surface area contributed by atoms with Crippen LogP contribution in [0, 0.1) is 0 Å². The lowest BCUT2D eigenvalue weighted by Gasteiger charge is -2.07. The van der Waals surface area contributed by atoms with Gasteiger partial charge in [-0.3, -0.25) is 4.79 Å². The molecule has 0 bridgehead atoms. The van der Waals surface area contributed by atoms with E-state index in [1.165, 1.54) is 0 Å². The van der Waals surface area contributed by atoms with Gasteiger partial charge in [0, 0.05) is 47.6 Å². The van der Waals surface area contributed by atoms with Gasteiger partial charge >= 0.3 is 0 Å². The van der Waals surface area contributed by atoms with E-state index in [0.717, 1.165) is 13.0 Å². The monoisotopic (exact) mass is 470 g/mol. The molecule has 0 atom stereocenters. The number of carbonyl (C=O) groups is 1. The highest BCUT2D eigenvalue weighted by Gasteiger charge is 2.22. The van der Waals surface area contributed by atoms with Gasteiger partial charge in [0.2, 0.25) is 5.91 Å². The zero-order chi connectivity index (χ0) is 22.6. The number of rotatable bonds is 9. The maximum atomic E-state index is 13.2. The first-order valence-corrected chi connectivity index (χ1v) is 12.2. The van der Waals surface area contributed by atoms with Crippen LogP contribution in [0.25, 0.3) is 10.9 Å². The molecule has 2 aromatic heterocycles. The molecule has 0 aliphatic carbocycles. The van der Waals surface area contributed by atoms with E-state index in [-0.39, 0.29) is 23.1 Å². The molecule has 166 valence electrons. The number of aryl methyl sites for hydroxylation is 1. The highest BCUT2D eigenvalue weighted by molar-refractivity contribution is 7.90. The third kappa shape index (κ3) is 5.20. The van der Waals surface area contributed by atoms with E-state index >= 15 is 0 Å². The molecule has 0 saturated carbocycles. The Balaban J connectivity index is 1.48. The number of nitrogens with zero attached hydrogens (tertiary/aromatic N) is 3. The summed E-state index contributed by atoms with van der Waals surface area (Å²) in [6, 6.07) is 14.0. The van der Waals surface area contributed by atoms with E-state index in [0.29, 0.717) is 28.0 Å². The summed E-state index contributed by atoms with van der Waals surface area (Å²) in [5, 5.41) is 4.06. The molecule has 0 unspecified atom stereocenters. The Labute approximate surface area is 191 Å². The Hall–Kier alpha value is -3.10. The highest BCUT2D eigenvalue weighted by atomic mass is 35.5. The molecule has 0 radical (unpaired) electrons. The number of fused-ring (bicyclic) bond motifs is 1. The van der Waals surface area contributed by atoms with Crippen LogP contribution in [0.15, 0.2) is 78.3 Å². The van der Waals surface area contributed by atoms with Crippen molar-refractivity contribution < 1.29 is 13.2 Å². The summed E-state index contributed by atoms with van der Waals surface area (Å²) in [5.41, 5.74) is 1.36. The number of nitrogens with one attached hydrogen (secondary N) is 1. The molecule has 1 N–H and O–H groups in total. The standard InChI is InChI=1S/C23H23ClN4O3S/c24-19-8-6-18(7-9-19)16-32(30,31)22-14-28(21-5-2-1-4-20(21)22)15-23(29)26-10-3-12-27-13-11-25-17-27/h1-2,4-9,11,13-14,17H,3,10,12,15-16H2,(H,26,29). The van der Waals surface area contributed by atoms with Crippen molar-refractivity contribution in [3.63, 3.8) is 0 Å². The van der Waals surface area contributed by atoms with Gasteiger partial charge in [-0.15, -0.1) is 0 Å². The minimum atomic E-state index is -3.62. The minimum Gasteiger partial charge on any atom is -0.354 e. The second kappa shape index (κ2) is 9.58. The zero-order valence-corrected chi connectivity index (χ0v) is 18.9. The van der Waals surface area contributed by atoms with E-state index in [4.69, 9.17) is 11.6 Å². The fourth-order valence-corrected chi connectivity index (χ4v) is 5.30. The van der Waals surface area contributed by atoms with Gasteiger partial charge < -0.3 is 14.5 Å². The van der Waals surface area contributed by atoms with Crippen LogP contribution in [0.3, 0.4) is 0 Å². The topological polar surface area (TPSA) is 86.0 Å². The molecule has 0 aliphatic heterocycles. The lowest BCUT2D eigenvalue weighted by atomic mass is 10.2. The summed E-state index contributed by atoms with van der Waals surface area (Å²) >= 11 is 5.91. The van der Waals surface area contributed by atoms with Gasteiger partial charge in [0.25, 0.3) is 0 Å². The highest BCUT2D eigenvalue weighted by Crippen LogP contribution is 2.28. The second-order valence-corrected chi connectivity index (χ2v) is 9.92. The van der Waals surface area contributed by atoms with Gasteiger partial charge in [-0.25, -0.2) is 13.4 Å². The maximum absolute atomic E-state index is 13.2. The Morgan fingerprint density at radius 3 is 2.62 bits per heavy atom. The van der Waals surface area contributed by atoms with Gasteiger partial charge in [0.1, 0.15) is 6.54 Å². The van der Waals surface area contributed by atoms with E-state index in [1.54, 1.807) is 59.7 Å². The largest absolute Gasteiger partial charge is 0.354 e. The van der Waals surface area contributed by atoms with Gasteiger partial charge in [-0.05, 0) is 30.2 Å². The van der Waals surface area contributed by atoms with E-state index in [1.807, 2.05) is 22.9 Å². The number of sulfone groups is 1. The number of benzene rings is 2. The van der Waals surface area contributed by atoms with Gasteiger partial charge in [-0.1, -0.05) is 41.9 Å². The quantitative estimate of drug-likeness (QED) is 0.378. The molecule has 7 nitrogen and oxygen atoms in total. The Kier molecular flexibility index (Phi) is 6.62. The molecule has 4 rings (SSSR count). The molecule has 0 fully saturated rings. The summed E-state index contributed by atoms with van der Waals surface area (Å²) in [4.78, 5) is 16.7. The lowest BCUT2D eigenvalue weighted by Crippen LogP contribution is -2.28. The predicted molar refractivity (Wildman–Crippen MR) is 124 cm³/mol. The SMILES string of the molecule is O=C(Cn1cc(S(=O)(=O)Cc2ccc(Cl)cc2)c2ccccc21)NCCCn1ccnc1. The van der Waals surface area contributed by atoms with Crippen LogP contribution in [-0.2, 0) is 33.5 Å². The molecule has 4 aromatic rings. The number of carbonyl (C=O) groups excluding carboxylic acids is 1. The average Bonchev–Trinajstić information content (AvgIpc) is 3.42. The van der Waals surface area contributed by atoms with E-state index in [2.05, 4.69) is 10.3 Å². The van der Waals surface area contributed by atoms with Crippen LogP contribution in [0.4, 0.5) is 0 Å². The van der Waals surface area contributed by atoms with Gasteiger partial charge in [0.05, 0.1) is 17.0 Å². The van der Waals surface area contributed by atoms with Crippen molar-refractivity contribution in [3.05, 3.63) is 84.0 Å². The molecule has 0 saturated heterocycles. The Morgan fingerprint density at radius 1 is 1.09 bits per heavy atom. The Morgan fingerprint density at radius 2 is 1.88 bits per heavy atom. The summed E-state index contributed by atoms with van der Waals surface area (Å²) < 4.78 is 30.0. The van der Waals surface area contributed by atoms with Crippen molar-refractivity contribution in [1.29, 1.82) is 0 Å². The van der Waals surface area contributed by atoms with Crippen molar-refractivity contribution in [2.75, 3.05) is 6.54 Å². The summed E-state index contributed by atoms with van der Waals surface area (Å²) in [7, 11) is -3.62. The molecule has 0 spiro atoms. The van der Waals surface area contributed by atoms with Crippen LogP contribution in [0.1, 0.15) is 12.0 Å². The lowest BCUT2D eigenvalue weighted by molar-refractivity contribution is -0.121. The van der Waals surface area contributed by atoms with Crippen molar-refractivity contribution in [1.82, 2.24) is 19.4 Å². The number of hydrogen-bond acceptors (Lipinski definition) is 4. The summed E-state index contributed by atoms with van der Waals surface area (Å²) in [5.74, 6) is -0.309. The third-order valence-corrected chi connectivity index (χ3v) is 7.11. The number of hydrogen-bond donors (Lipinski definition) is 1. The van der Waals surface area contributed by atoms with Crippen molar-refractivity contribution >= 4 is 38.2 Å². The van der Waals surface area contributed by atoms with Crippen LogP contribution in [0.5, 0.6) is 0 Å². The average molecular weight is 471 g/mol. The van der Waals surface area contributed by atoms with Gasteiger partial charge in [-0.2, -0.15) is 0 Å². The van der Waals surface area contributed by atoms with Crippen molar-refractivity contribution in [2.45, 2.75) is 30.2 Å². The van der Waals surface area contributed by atoms with Crippen molar-refractivity contribution in [2.24, 2.45) is 0 Å². The number of para-hydroxylation sites is 1. The molecular formula is C23H23ClN4O3S. The zero-order valence-electron chi connectivity index (χ0n) is 17.3. The smallest absolute Gasteiger partial charge is 0.239 e. The van der Waals surface area contributed by atoms with Crippen LogP contribution >= 0.6 is 11.6 Å². The number of amides is 1. The second-order valence-electron chi connectivity index (χ2n) is 7.53. The van der Waals surface area contributed by atoms with Crippen LogP contribution < -0.4 is 5.32 Å². The van der Waals surface area contributed by atoms with Crippen LogP contribution in [-0.4, -0.2) is 35.0 Å². The maximum Gasteiger partial charge on any atom is 0.239 e. The van der Waals surface area contributed by atoms with E-state index in [9.17, 15) is 13.2 Å². The summed E-state index contributed by atoms with van der Waals surface area (Å²) in [6.45, 7) is 1.33. The molecular weight excluding hydrogens is 448 g/mol. The summed E-state index contributed by atoms with van der Waals surface area (Å²) in [6.07, 6.45) is 7.66. The normalized spacial score (nSPS) is 11.7. The third-order valence-electron chi connectivity index (χ3n) is 5.15. The molecule has 9 heteroatoms. The van der Waals surface area contributed by atoms with E-state index < -0.39 is 9.84 Å². The predicted octanol–water partition coefficient (Wildman–Crippen LogP) is 3.67. The fraction of sp³-hybridized carbons (Fsp3) is 0.217. The van der Waals surface area contributed by atoms with Crippen LogP contribution in [0.2, 0.25) is 5.02 Å². The minimum absolute atomic E-state index is 0.0437. The fourth-order valence-electron chi connectivity index (χ4n) is 3.59.